The van der Waals surface area contributed by atoms with Crippen molar-refractivity contribution in [2.45, 2.75) is 12.6 Å². The summed E-state index contributed by atoms with van der Waals surface area (Å²) in [7, 11) is 1.63. The highest BCUT2D eigenvalue weighted by molar-refractivity contribution is 5.97. The third kappa shape index (κ3) is 3.87. The van der Waals surface area contributed by atoms with Crippen LogP contribution in [0.25, 0.3) is 11.0 Å². The van der Waals surface area contributed by atoms with Gasteiger partial charge in [-0.2, -0.15) is 13.2 Å². The fourth-order valence-corrected chi connectivity index (χ4v) is 3.14. The van der Waals surface area contributed by atoms with Crippen LogP contribution in [0.3, 0.4) is 0 Å². The molecule has 0 bridgehead atoms. The van der Waals surface area contributed by atoms with Crippen LogP contribution in [0.1, 0.15) is 16.8 Å². The molecule has 136 valence electrons. The normalized spacial score (nSPS) is 17.0. The zero-order chi connectivity index (χ0) is 18.2. The molecule has 1 aliphatic rings. The minimum atomic E-state index is -4.23. The largest absolute Gasteiger partial charge is 0.401 e. The fourth-order valence-electron chi connectivity index (χ4n) is 3.14. The molecule has 0 radical (unpaired) electrons. The van der Waals surface area contributed by atoms with Gasteiger partial charge >= 0.3 is 11.9 Å². The third-order valence-corrected chi connectivity index (χ3v) is 4.43. The van der Waals surface area contributed by atoms with Crippen molar-refractivity contribution in [2.75, 3.05) is 32.7 Å². The molecule has 0 atom stereocenters. The lowest BCUT2D eigenvalue weighted by molar-refractivity contribution is -0.145. The maximum Gasteiger partial charge on any atom is 0.401 e. The summed E-state index contributed by atoms with van der Waals surface area (Å²) in [4.78, 5) is 29.9. The highest BCUT2D eigenvalue weighted by Gasteiger charge is 2.32. The summed E-state index contributed by atoms with van der Waals surface area (Å²) in [6, 6.07) is 4.93. The van der Waals surface area contributed by atoms with Gasteiger partial charge in [0.25, 0.3) is 5.91 Å². The van der Waals surface area contributed by atoms with Gasteiger partial charge in [-0.15, -0.1) is 0 Å². The average molecular weight is 356 g/mol. The lowest BCUT2D eigenvalue weighted by atomic mass is 10.1. The molecule has 0 saturated carbocycles. The van der Waals surface area contributed by atoms with Crippen molar-refractivity contribution in [3.8, 4) is 0 Å². The monoisotopic (exact) mass is 356 g/mol. The molecule has 9 heteroatoms. The second kappa shape index (κ2) is 6.55. The Morgan fingerprint density at radius 2 is 1.96 bits per heavy atom. The maximum absolute atomic E-state index is 12.7. The van der Waals surface area contributed by atoms with Crippen LogP contribution >= 0.6 is 0 Å². The van der Waals surface area contributed by atoms with Gasteiger partial charge in [0.1, 0.15) is 0 Å². The van der Waals surface area contributed by atoms with E-state index >= 15 is 0 Å². The zero-order valence-electron chi connectivity index (χ0n) is 13.8. The van der Waals surface area contributed by atoms with E-state index in [1.165, 1.54) is 9.47 Å². The number of fused-ring (bicyclic) bond motifs is 1. The molecule has 1 amide bonds. The number of hydrogen-bond acceptors (Lipinski definition) is 3. The van der Waals surface area contributed by atoms with Gasteiger partial charge < -0.3 is 9.88 Å². The number of imidazole rings is 1. The smallest absolute Gasteiger partial charge is 0.337 e. The maximum atomic E-state index is 12.7. The molecular weight excluding hydrogens is 337 g/mol. The van der Waals surface area contributed by atoms with E-state index in [9.17, 15) is 22.8 Å². The van der Waals surface area contributed by atoms with Crippen LogP contribution in [-0.4, -0.2) is 64.2 Å². The standard InChI is InChI=1S/C16H19F3N4O2/c1-21-13-4-3-11(9-12(13)20-15(21)25)14(24)23-6-2-5-22(7-8-23)10-16(17,18)19/h3-4,9H,2,5-8,10H2,1H3,(H,20,25). The van der Waals surface area contributed by atoms with Gasteiger partial charge in [-0.05, 0) is 24.6 Å². The number of carbonyl (C=O) groups excluding carboxylic acids is 1. The molecule has 2 aromatic rings. The van der Waals surface area contributed by atoms with Gasteiger partial charge in [0.2, 0.25) is 0 Å². The van der Waals surface area contributed by atoms with Crippen molar-refractivity contribution >= 4 is 16.9 Å². The fraction of sp³-hybridized carbons (Fsp3) is 0.500. The van der Waals surface area contributed by atoms with Crippen LogP contribution < -0.4 is 5.69 Å². The summed E-state index contributed by atoms with van der Waals surface area (Å²) in [5, 5.41) is 0. The molecule has 1 saturated heterocycles. The highest BCUT2D eigenvalue weighted by Crippen LogP contribution is 2.19. The van der Waals surface area contributed by atoms with Gasteiger partial charge in [-0.3, -0.25) is 14.3 Å². The van der Waals surface area contributed by atoms with Gasteiger partial charge in [-0.1, -0.05) is 0 Å². The SMILES string of the molecule is Cn1c(=O)[nH]c2cc(C(=O)N3CCCN(CC(F)(F)F)CC3)ccc21. The highest BCUT2D eigenvalue weighted by atomic mass is 19.4. The van der Waals surface area contributed by atoms with Crippen LogP contribution in [-0.2, 0) is 7.05 Å². The number of halogens is 3. The Hall–Kier alpha value is -2.29. The number of aromatic nitrogens is 2. The molecule has 1 aromatic carbocycles. The summed E-state index contributed by atoms with van der Waals surface area (Å²) in [5.41, 5.74) is 1.40. The van der Waals surface area contributed by atoms with Crippen LogP contribution in [0.4, 0.5) is 13.2 Å². The average Bonchev–Trinajstić information content (AvgIpc) is 2.71. The van der Waals surface area contributed by atoms with Crippen LogP contribution in [0.2, 0.25) is 0 Å². The van der Waals surface area contributed by atoms with E-state index in [1.807, 2.05) is 0 Å². The van der Waals surface area contributed by atoms with Gasteiger partial charge in [0.05, 0.1) is 17.6 Å². The molecule has 25 heavy (non-hydrogen) atoms. The first-order valence-electron chi connectivity index (χ1n) is 8.02. The number of rotatable bonds is 2. The summed E-state index contributed by atoms with van der Waals surface area (Å²) in [6.45, 7) is 0.213. The number of amides is 1. The number of nitrogens with one attached hydrogen (secondary N) is 1. The minimum Gasteiger partial charge on any atom is -0.337 e. The van der Waals surface area contributed by atoms with Gasteiger partial charge in [0, 0.05) is 38.8 Å². The summed E-state index contributed by atoms with van der Waals surface area (Å²) in [6.07, 6.45) is -3.74. The van der Waals surface area contributed by atoms with Crippen molar-refractivity contribution in [3.05, 3.63) is 34.2 Å². The van der Waals surface area contributed by atoms with Crippen LogP contribution in [0.5, 0.6) is 0 Å². The first kappa shape index (κ1) is 17.5. The minimum absolute atomic E-state index is 0.190. The third-order valence-electron chi connectivity index (χ3n) is 4.43. The molecule has 3 rings (SSSR count). The van der Waals surface area contributed by atoms with E-state index < -0.39 is 12.7 Å². The van der Waals surface area contributed by atoms with E-state index in [-0.39, 0.29) is 24.7 Å². The molecule has 1 fully saturated rings. The molecule has 2 heterocycles. The van der Waals surface area contributed by atoms with Crippen LogP contribution in [0.15, 0.2) is 23.0 Å². The number of alkyl halides is 3. The van der Waals surface area contributed by atoms with E-state index in [0.717, 1.165) is 0 Å². The zero-order valence-corrected chi connectivity index (χ0v) is 13.8. The van der Waals surface area contributed by atoms with Gasteiger partial charge in [-0.25, -0.2) is 4.79 Å². The lowest BCUT2D eigenvalue weighted by Crippen LogP contribution is -2.38. The predicted molar refractivity (Wildman–Crippen MR) is 86.6 cm³/mol. The number of H-pyrrole nitrogens is 1. The van der Waals surface area contributed by atoms with Crippen molar-refractivity contribution < 1.29 is 18.0 Å². The van der Waals surface area contributed by atoms with Gasteiger partial charge in [0.15, 0.2) is 0 Å². The Balaban J connectivity index is 1.73. The summed E-state index contributed by atoms with van der Waals surface area (Å²) >= 11 is 0. The van der Waals surface area contributed by atoms with Crippen molar-refractivity contribution in [1.82, 2.24) is 19.4 Å². The quantitative estimate of drug-likeness (QED) is 0.889. The number of aryl methyl sites for hydroxylation is 1. The molecule has 0 spiro atoms. The first-order valence-corrected chi connectivity index (χ1v) is 8.02. The molecule has 0 aliphatic carbocycles. The van der Waals surface area contributed by atoms with E-state index in [1.54, 1.807) is 30.1 Å². The first-order chi connectivity index (χ1) is 11.7. The second-order valence-electron chi connectivity index (χ2n) is 6.26. The van der Waals surface area contributed by atoms with Crippen molar-refractivity contribution in [1.29, 1.82) is 0 Å². The van der Waals surface area contributed by atoms with Crippen molar-refractivity contribution in [2.24, 2.45) is 7.05 Å². The number of aromatic amines is 1. The Kier molecular flexibility index (Phi) is 4.59. The predicted octanol–water partition coefficient (Wildman–Crippen LogP) is 1.58. The Labute approximate surface area is 141 Å². The molecule has 1 N–H and O–H groups in total. The Bertz CT molecular complexity index is 840. The molecule has 1 aromatic heterocycles. The van der Waals surface area contributed by atoms with E-state index in [2.05, 4.69) is 4.98 Å². The molecule has 0 unspecified atom stereocenters. The number of nitrogens with zero attached hydrogens (tertiary/aromatic N) is 3. The lowest BCUT2D eigenvalue weighted by Gasteiger charge is -2.22. The number of benzene rings is 1. The van der Waals surface area contributed by atoms with Crippen LogP contribution in [0, 0.1) is 0 Å². The number of hydrogen-bond donors (Lipinski definition) is 1. The summed E-state index contributed by atoms with van der Waals surface area (Å²) in [5.74, 6) is -0.236. The Morgan fingerprint density at radius 3 is 2.68 bits per heavy atom. The Morgan fingerprint density at radius 1 is 1.20 bits per heavy atom. The topological polar surface area (TPSA) is 61.3 Å². The summed E-state index contributed by atoms with van der Waals surface area (Å²) < 4.78 is 39.0. The van der Waals surface area contributed by atoms with E-state index in [0.29, 0.717) is 36.1 Å². The molecular formula is C16H19F3N4O2. The molecule has 1 aliphatic heterocycles. The van der Waals surface area contributed by atoms with E-state index in [4.69, 9.17) is 0 Å². The number of carbonyl (C=O) groups is 1. The van der Waals surface area contributed by atoms with Crippen molar-refractivity contribution in [3.63, 3.8) is 0 Å². The second-order valence-corrected chi connectivity index (χ2v) is 6.26. The molecule has 6 nitrogen and oxygen atoms in total.